The topological polar surface area (TPSA) is 261 Å². The van der Waals surface area contributed by atoms with Crippen LogP contribution in [-0.4, -0.2) is 89.9 Å². The molecule has 3 aromatic carbocycles. The molecule has 20 nitrogen and oxygen atoms in total. The maximum Gasteiger partial charge on any atom is 0.472 e. The number of hydrogen-bond acceptors (Lipinski definition) is 17. The summed E-state index contributed by atoms with van der Waals surface area (Å²) in [6.07, 6.45) is -11.9. The van der Waals surface area contributed by atoms with Crippen LogP contribution in [0.3, 0.4) is 0 Å². The van der Waals surface area contributed by atoms with Gasteiger partial charge in [0.05, 0.1) is 30.7 Å². The molecule has 0 saturated carbocycles. The van der Waals surface area contributed by atoms with Crippen LogP contribution in [0.15, 0.2) is 107 Å². The molecular formula is C40H37F2N7O13P2S. The van der Waals surface area contributed by atoms with Crippen LogP contribution in [0.25, 0.3) is 22.3 Å². The highest BCUT2D eigenvalue weighted by Gasteiger charge is 2.55. The summed E-state index contributed by atoms with van der Waals surface area (Å²) in [5.74, 6) is -0.558. The predicted octanol–water partition coefficient (Wildman–Crippen LogP) is 5.58. The number of nitrogens with one attached hydrogen (secondary N) is 1. The number of benzene rings is 3. The number of nitrogens with zero attached hydrogens (tertiary/aromatic N) is 5. The first kappa shape index (κ1) is 44.7. The maximum absolute atomic E-state index is 16.7. The summed E-state index contributed by atoms with van der Waals surface area (Å²) in [6, 6.07) is 21.1. The molecule has 0 aliphatic carbocycles. The Morgan fingerprint density at radius 3 is 2.37 bits per heavy atom. The second-order valence-corrected chi connectivity index (χ2v) is 20.4. The van der Waals surface area contributed by atoms with E-state index in [1.807, 2.05) is 6.92 Å². The smallest absolute Gasteiger partial charge is 0.423 e. The number of fused-ring (bicyclic) bond motifs is 4. The van der Waals surface area contributed by atoms with Crippen molar-refractivity contribution in [2.24, 2.45) is 0 Å². The molecule has 6 heterocycles. The largest absolute Gasteiger partial charge is 0.472 e. The van der Waals surface area contributed by atoms with Gasteiger partial charge in [-0.05, 0) is 53.7 Å². The Hall–Kier alpha value is -5.45. The van der Waals surface area contributed by atoms with Crippen LogP contribution >= 0.6 is 26.0 Å². The van der Waals surface area contributed by atoms with Gasteiger partial charge in [0.15, 0.2) is 36.3 Å². The number of nitrogens with two attached hydrogens (primary N) is 1. The number of esters is 1. The number of ether oxygens (including phenoxy) is 3. The minimum Gasteiger partial charge on any atom is -0.423 e. The zero-order valence-corrected chi connectivity index (χ0v) is 36.3. The predicted molar refractivity (Wildman–Crippen MR) is 227 cm³/mol. The summed E-state index contributed by atoms with van der Waals surface area (Å²) >= 11 is 0.571. The lowest BCUT2D eigenvalue weighted by molar-refractivity contribution is -0.0634. The molecular weight excluding hydrogens is 918 g/mol. The summed E-state index contributed by atoms with van der Waals surface area (Å²) in [6.45, 7) is -4.73. The summed E-state index contributed by atoms with van der Waals surface area (Å²) in [5, 5.41) is 0. The minimum atomic E-state index is -5.31. The average Bonchev–Trinajstić information content (AvgIpc) is 3.95. The van der Waals surface area contributed by atoms with Gasteiger partial charge in [-0.2, -0.15) is 0 Å². The molecule has 0 spiro atoms. The Bertz CT molecular complexity index is 2950. The number of rotatable bonds is 8. The zero-order chi connectivity index (χ0) is 45.6. The molecule has 3 fully saturated rings. The molecule has 3 aliphatic heterocycles. The van der Waals surface area contributed by atoms with Gasteiger partial charge in [0.2, 0.25) is 0 Å². The van der Waals surface area contributed by atoms with Gasteiger partial charge in [0.25, 0.3) is 5.56 Å². The van der Waals surface area contributed by atoms with Crippen LogP contribution in [0.5, 0.6) is 5.75 Å². The first-order valence-corrected chi connectivity index (χ1v) is 24.3. The molecule has 9 rings (SSSR count). The highest BCUT2D eigenvalue weighted by Crippen LogP contribution is 2.65. The van der Waals surface area contributed by atoms with Gasteiger partial charge in [0.1, 0.15) is 42.0 Å². The van der Waals surface area contributed by atoms with Crippen molar-refractivity contribution in [2.75, 3.05) is 18.9 Å². The Balaban J connectivity index is 1.04. The van der Waals surface area contributed by atoms with Crippen molar-refractivity contribution < 1.29 is 59.9 Å². The first-order valence-electron chi connectivity index (χ1n) is 19.7. The summed E-state index contributed by atoms with van der Waals surface area (Å²) < 4.78 is 104. The lowest BCUT2D eigenvalue weighted by Gasteiger charge is -2.28. The van der Waals surface area contributed by atoms with E-state index in [4.69, 9.17) is 38.0 Å². The lowest BCUT2D eigenvalue weighted by atomic mass is 10.1. The molecule has 340 valence electrons. The molecule has 0 amide bonds. The Morgan fingerprint density at radius 2 is 1.62 bits per heavy atom. The summed E-state index contributed by atoms with van der Waals surface area (Å²) in [7, 11) is -5.31. The number of aromatic nitrogens is 6. The third kappa shape index (κ3) is 9.34. The standard InChI is InChI=1S/C40H37F2N7O13P2S/c1-21-7-11-24(12-8-21)39(51)58-25-13-9-22(10-14-25)18-65-64(55)57-17-28-32(30(42)37(60-28)49-20-46-31-34(43)44-19-45-35(31)49)61-63(53,54)56-16-27-29(41)33(62-64)38(59-27)48-15-26(36(50)47-40(48)52)23-5-3-2-4-6-23/h2-15,19-20,27-30,32-33,37-38H,16-18H2,1H3,(H,53,54)(H2,43,44,45)(H,47,50,52)/t27-,28-,29-,30-,32-,33-,37-,38-,64?/m1/s1. The van der Waals surface area contributed by atoms with Gasteiger partial charge < -0.3 is 24.8 Å². The normalized spacial score (nSPS) is 29.4. The minimum absolute atomic E-state index is 0.0210. The number of carbonyl (C=O) groups excluding carboxylic acids is 1. The Kier molecular flexibility index (Phi) is 12.4. The molecule has 65 heavy (non-hydrogen) atoms. The van der Waals surface area contributed by atoms with E-state index in [-0.39, 0.29) is 34.0 Å². The van der Waals surface area contributed by atoms with Crippen molar-refractivity contribution in [3.8, 4) is 16.9 Å². The number of phosphoric acid groups is 1. The number of H-pyrrole nitrogens is 1. The van der Waals surface area contributed by atoms with Crippen LogP contribution in [0.4, 0.5) is 14.6 Å². The van der Waals surface area contributed by atoms with E-state index in [9.17, 15) is 23.8 Å². The van der Waals surface area contributed by atoms with Crippen LogP contribution in [0, 0.1) is 6.92 Å². The van der Waals surface area contributed by atoms with Crippen LogP contribution in [0.2, 0.25) is 0 Å². The molecule has 6 aromatic rings. The number of hydrogen-bond donors (Lipinski definition) is 3. The summed E-state index contributed by atoms with van der Waals surface area (Å²) in [5.41, 5.74) is 6.39. The zero-order valence-electron chi connectivity index (χ0n) is 33.7. The molecule has 10 atom stereocenters. The van der Waals surface area contributed by atoms with E-state index < -0.39 is 94.3 Å². The molecule has 3 aliphatic rings. The SMILES string of the molecule is Cc1ccc(C(=O)Oc2ccc(CSP3(=O)OC[C@H]4O[C@@H](n5cnc6c(N)ncnc65)[C@H](F)[C@@H]4OP(=O)(O)OC[C@H]4O[C@@H](n5cc(-c6ccccc6)c(=O)[nH]c5=O)[C@H](O3)[C@@H]4F)cc2)cc1. The van der Waals surface area contributed by atoms with Crippen molar-refractivity contribution in [3.63, 3.8) is 0 Å². The monoisotopic (exact) mass is 955 g/mol. The second-order valence-electron chi connectivity index (χ2n) is 15.0. The van der Waals surface area contributed by atoms with E-state index in [1.165, 1.54) is 12.1 Å². The molecule has 0 radical (unpaired) electrons. The van der Waals surface area contributed by atoms with Gasteiger partial charge in [-0.3, -0.25) is 37.0 Å². The third-order valence-electron chi connectivity index (χ3n) is 10.6. The van der Waals surface area contributed by atoms with E-state index >= 15 is 13.3 Å². The number of halogens is 2. The van der Waals surface area contributed by atoms with Gasteiger partial charge in [-0.1, -0.05) is 60.2 Å². The van der Waals surface area contributed by atoms with Crippen molar-refractivity contribution in [3.05, 3.63) is 135 Å². The maximum atomic E-state index is 16.7. The number of carbonyl (C=O) groups is 1. The van der Waals surface area contributed by atoms with E-state index in [1.54, 1.807) is 66.7 Å². The highest BCUT2D eigenvalue weighted by atomic mass is 32.7. The number of nitrogen functional groups attached to an aromatic ring is 1. The van der Waals surface area contributed by atoms with Crippen LogP contribution in [-0.2, 0) is 42.5 Å². The Morgan fingerprint density at radius 1 is 0.892 bits per heavy atom. The average molecular weight is 956 g/mol. The quantitative estimate of drug-likeness (QED) is 0.0955. The Labute approximate surface area is 369 Å². The van der Waals surface area contributed by atoms with Crippen molar-refractivity contribution in [1.29, 1.82) is 0 Å². The van der Waals surface area contributed by atoms with Crippen LogP contribution < -0.4 is 21.7 Å². The van der Waals surface area contributed by atoms with Crippen molar-refractivity contribution in [2.45, 2.75) is 61.9 Å². The number of phosphoric ester groups is 1. The highest BCUT2D eigenvalue weighted by molar-refractivity contribution is 8.54. The number of aromatic amines is 1. The molecule has 3 aromatic heterocycles. The van der Waals surface area contributed by atoms with E-state index in [2.05, 4.69) is 19.9 Å². The van der Waals surface area contributed by atoms with Crippen molar-refractivity contribution in [1.82, 2.24) is 29.1 Å². The lowest BCUT2D eigenvalue weighted by Crippen LogP contribution is -2.38. The van der Waals surface area contributed by atoms with Gasteiger partial charge >= 0.3 is 26.3 Å². The van der Waals surface area contributed by atoms with Crippen LogP contribution in [0.1, 0.15) is 33.9 Å². The first-order chi connectivity index (χ1) is 31.1. The number of imidazole rings is 1. The molecule has 4 N–H and O–H groups in total. The molecule has 2 unspecified atom stereocenters. The second kappa shape index (κ2) is 18.1. The molecule has 2 bridgehead atoms. The summed E-state index contributed by atoms with van der Waals surface area (Å²) in [4.78, 5) is 64.3. The fraction of sp³-hybridized carbons (Fsp3) is 0.300. The third-order valence-corrected chi connectivity index (χ3v) is 15.3. The fourth-order valence-electron chi connectivity index (χ4n) is 7.32. The molecule has 3 saturated heterocycles. The van der Waals surface area contributed by atoms with Gasteiger partial charge in [-0.25, -0.2) is 42.5 Å². The van der Waals surface area contributed by atoms with Crippen molar-refractivity contribution >= 4 is 49.0 Å². The van der Waals surface area contributed by atoms with E-state index in [0.29, 0.717) is 28.1 Å². The molecule has 25 heteroatoms. The van der Waals surface area contributed by atoms with Gasteiger partial charge in [-0.15, -0.1) is 0 Å². The number of anilines is 1. The number of alkyl halides is 2. The van der Waals surface area contributed by atoms with Gasteiger partial charge in [0, 0.05) is 11.9 Å². The fourth-order valence-corrected chi connectivity index (χ4v) is 11.6. The number of aryl methyl sites for hydroxylation is 1. The van der Waals surface area contributed by atoms with E-state index in [0.717, 1.165) is 33.5 Å².